The Kier molecular flexibility index (Phi) is 2.90. The Labute approximate surface area is 133 Å². The number of non-ortho nitro benzene ring substituents is 1. The molecule has 2 fully saturated rings. The molecule has 4 amide bonds. The van der Waals surface area contributed by atoms with Gasteiger partial charge >= 0.3 is 6.03 Å². The van der Waals surface area contributed by atoms with E-state index in [1.54, 1.807) is 12.1 Å². The molecule has 1 spiro atoms. The van der Waals surface area contributed by atoms with E-state index in [0.29, 0.717) is 0 Å². The molecule has 2 aliphatic rings. The monoisotopic (exact) mass is 325 g/mol. The quantitative estimate of drug-likeness (QED) is 0.441. The predicted octanol–water partition coefficient (Wildman–Crippen LogP) is 0.0780. The number of amides is 4. The number of urea groups is 1. The Morgan fingerprint density at radius 3 is 2.21 bits per heavy atom. The van der Waals surface area contributed by atoms with Gasteiger partial charge in [-0.25, -0.2) is 4.79 Å². The zero-order valence-electron chi connectivity index (χ0n) is 11.8. The summed E-state index contributed by atoms with van der Waals surface area (Å²) >= 11 is 0. The fourth-order valence-electron chi connectivity index (χ4n) is 3.28. The van der Waals surface area contributed by atoms with Crippen LogP contribution in [0.25, 0.3) is 0 Å². The van der Waals surface area contributed by atoms with Gasteiger partial charge in [0.2, 0.25) is 11.8 Å². The molecule has 1 heterocycles. The number of hydrogen-bond acceptors (Lipinski definition) is 7. The van der Waals surface area contributed by atoms with Gasteiger partial charge in [-0.1, -0.05) is 12.1 Å². The number of barbiturate groups is 1. The minimum Gasteiger partial charge on any atom is -0.277 e. The van der Waals surface area contributed by atoms with Crippen molar-refractivity contribution >= 4 is 23.5 Å². The van der Waals surface area contributed by atoms with Crippen LogP contribution in [0.5, 0.6) is 0 Å². The van der Waals surface area contributed by atoms with Crippen molar-refractivity contribution in [2.24, 2.45) is 10.8 Å². The minimum atomic E-state index is -2.13. The third kappa shape index (κ3) is 1.54. The first kappa shape index (κ1) is 15.1. The third-order valence-corrected chi connectivity index (χ3v) is 4.34. The molecule has 0 bridgehead atoms. The van der Waals surface area contributed by atoms with Crippen LogP contribution in [0, 0.1) is 43.6 Å². The minimum absolute atomic E-state index is 0.118. The molecule has 2 N–H and O–H groups in total. The molecule has 118 valence electrons. The van der Waals surface area contributed by atoms with Crippen molar-refractivity contribution in [1.29, 1.82) is 10.5 Å². The van der Waals surface area contributed by atoms with Gasteiger partial charge in [-0.2, -0.15) is 10.5 Å². The van der Waals surface area contributed by atoms with Crippen molar-refractivity contribution in [2.45, 2.75) is 5.92 Å². The van der Waals surface area contributed by atoms with Gasteiger partial charge in [0.15, 0.2) is 10.8 Å². The van der Waals surface area contributed by atoms with E-state index >= 15 is 0 Å². The molecule has 0 aromatic heterocycles. The fourth-order valence-corrected chi connectivity index (χ4v) is 3.28. The first-order chi connectivity index (χ1) is 11.3. The van der Waals surface area contributed by atoms with Crippen molar-refractivity contribution in [1.82, 2.24) is 10.6 Å². The number of benzene rings is 1. The summed E-state index contributed by atoms with van der Waals surface area (Å²) in [5.74, 6) is -3.38. The van der Waals surface area contributed by atoms with E-state index in [4.69, 9.17) is 0 Å². The van der Waals surface area contributed by atoms with E-state index in [-0.39, 0.29) is 11.3 Å². The molecule has 1 atom stereocenters. The first-order valence-electron chi connectivity index (χ1n) is 6.59. The molecular weight excluding hydrogens is 318 g/mol. The van der Waals surface area contributed by atoms with E-state index in [2.05, 4.69) is 0 Å². The number of nitro groups is 1. The largest absolute Gasteiger partial charge is 0.328 e. The molecule has 24 heavy (non-hydrogen) atoms. The molecular formula is C14H7N5O5. The van der Waals surface area contributed by atoms with E-state index in [1.807, 2.05) is 10.6 Å². The van der Waals surface area contributed by atoms with Crippen molar-refractivity contribution < 1.29 is 19.3 Å². The number of nitrogens with one attached hydrogen (secondary N) is 2. The maximum atomic E-state index is 12.3. The van der Waals surface area contributed by atoms with Crippen LogP contribution in [0.1, 0.15) is 11.5 Å². The molecule has 0 radical (unpaired) electrons. The van der Waals surface area contributed by atoms with Gasteiger partial charge in [0, 0.05) is 18.1 Å². The van der Waals surface area contributed by atoms with Crippen LogP contribution in [-0.2, 0) is 9.59 Å². The maximum Gasteiger partial charge on any atom is 0.328 e. The van der Waals surface area contributed by atoms with Crippen molar-refractivity contribution in [3.05, 3.63) is 39.9 Å². The van der Waals surface area contributed by atoms with Gasteiger partial charge < -0.3 is 0 Å². The highest BCUT2D eigenvalue weighted by molar-refractivity contribution is 6.24. The highest BCUT2D eigenvalue weighted by Crippen LogP contribution is 2.74. The highest BCUT2D eigenvalue weighted by Gasteiger charge is 2.88. The van der Waals surface area contributed by atoms with E-state index in [1.165, 1.54) is 18.2 Å². The van der Waals surface area contributed by atoms with Crippen molar-refractivity contribution in [3.8, 4) is 12.1 Å². The second-order valence-electron chi connectivity index (χ2n) is 5.36. The Balaban J connectivity index is 2.19. The van der Waals surface area contributed by atoms with Gasteiger partial charge in [-0.3, -0.25) is 30.3 Å². The van der Waals surface area contributed by atoms with Crippen LogP contribution in [0.15, 0.2) is 24.3 Å². The summed E-state index contributed by atoms with van der Waals surface area (Å²) in [4.78, 5) is 46.1. The molecule has 1 aromatic carbocycles. The Morgan fingerprint density at radius 1 is 1.12 bits per heavy atom. The Bertz CT molecular complexity index is 875. The zero-order valence-corrected chi connectivity index (χ0v) is 11.8. The number of nitrogens with zero attached hydrogens (tertiary/aromatic N) is 3. The standard InChI is InChI=1S/C14H7N5O5/c15-5-13(6-16)9(7-2-1-3-8(4-7)19(23)24)14(13)10(20)17-12(22)18-11(14)21/h1-4,9H,(H2,17,18,20,21,22). The van der Waals surface area contributed by atoms with Gasteiger partial charge in [0.1, 0.15) is 0 Å². The average molecular weight is 325 g/mol. The number of nitriles is 2. The number of carbonyl (C=O) groups is 3. The number of carbonyl (C=O) groups excluding carboxylic acids is 3. The second-order valence-corrected chi connectivity index (χ2v) is 5.36. The van der Waals surface area contributed by atoms with Gasteiger partial charge in [0.05, 0.1) is 17.1 Å². The topological polar surface area (TPSA) is 166 Å². The number of hydrogen-bond donors (Lipinski definition) is 2. The van der Waals surface area contributed by atoms with Gasteiger partial charge in [-0.15, -0.1) is 0 Å². The summed E-state index contributed by atoms with van der Waals surface area (Å²) in [6.07, 6.45) is 0. The summed E-state index contributed by atoms with van der Waals surface area (Å²) in [6, 6.07) is 7.29. The average Bonchev–Trinajstić information content (AvgIpc) is 3.18. The van der Waals surface area contributed by atoms with E-state index < -0.39 is 39.5 Å². The second kappa shape index (κ2) is 4.60. The lowest BCUT2D eigenvalue weighted by atomic mass is 9.91. The fraction of sp³-hybridized carbons (Fsp3) is 0.214. The smallest absolute Gasteiger partial charge is 0.277 e. The van der Waals surface area contributed by atoms with Crippen LogP contribution in [0.3, 0.4) is 0 Å². The summed E-state index contributed by atoms with van der Waals surface area (Å²) < 4.78 is 0. The highest BCUT2D eigenvalue weighted by atomic mass is 16.6. The molecule has 1 aliphatic carbocycles. The summed E-state index contributed by atoms with van der Waals surface area (Å²) in [7, 11) is 0. The SMILES string of the molecule is N#CC1(C#N)C(c2cccc([N+](=O)[O-])c2)C12C(=O)NC(=O)NC2=O. The molecule has 1 saturated heterocycles. The molecule has 1 aliphatic heterocycles. The number of rotatable bonds is 2. The van der Waals surface area contributed by atoms with Gasteiger partial charge in [-0.05, 0) is 5.56 Å². The lowest BCUT2D eigenvalue weighted by Gasteiger charge is -2.21. The van der Waals surface area contributed by atoms with Gasteiger partial charge in [0.25, 0.3) is 5.69 Å². The van der Waals surface area contributed by atoms with Crippen LogP contribution in [0.4, 0.5) is 10.5 Å². The molecule has 1 saturated carbocycles. The lowest BCUT2D eigenvalue weighted by molar-refractivity contribution is -0.384. The number of nitro benzene ring substituents is 1. The summed E-state index contributed by atoms with van der Waals surface area (Å²) in [5, 5.41) is 33.5. The van der Waals surface area contributed by atoms with Crippen molar-refractivity contribution in [2.75, 3.05) is 0 Å². The molecule has 10 heteroatoms. The Hall–Kier alpha value is -3.79. The van der Waals surface area contributed by atoms with Crippen LogP contribution >= 0.6 is 0 Å². The molecule has 1 aromatic rings. The number of imide groups is 2. The van der Waals surface area contributed by atoms with Crippen LogP contribution in [-0.4, -0.2) is 22.8 Å². The predicted molar refractivity (Wildman–Crippen MR) is 73.6 cm³/mol. The summed E-state index contributed by atoms with van der Waals surface area (Å²) in [6.45, 7) is 0. The van der Waals surface area contributed by atoms with E-state index in [9.17, 15) is 35.0 Å². The first-order valence-corrected chi connectivity index (χ1v) is 6.59. The Morgan fingerprint density at radius 2 is 1.71 bits per heavy atom. The zero-order chi connectivity index (χ0) is 17.7. The molecule has 10 nitrogen and oxygen atoms in total. The lowest BCUT2D eigenvalue weighted by Crippen LogP contribution is -2.59. The molecule has 3 rings (SSSR count). The van der Waals surface area contributed by atoms with E-state index in [0.717, 1.165) is 6.07 Å². The normalized spacial score (nSPS) is 22.8. The maximum absolute atomic E-state index is 12.3. The van der Waals surface area contributed by atoms with Crippen LogP contribution in [0.2, 0.25) is 0 Å². The van der Waals surface area contributed by atoms with Crippen molar-refractivity contribution in [3.63, 3.8) is 0 Å². The third-order valence-electron chi connectivity index (χ3n) is 4.34. The summed E-state index contributed by atoms with van der Waals surface area (Å²) in [5.41, 5.74) is -4.38. The van der Waals surface area contributed by atoms with Crippen LogP contribution < -0.4 is 10.6 Å². The molecule has 1 unspecified atom stereocenters.